The van der Waals surface area contributed by atoms with Gasteiger partial charge in [-0.15, -0.1) is 0 Å². The minimum Gasteiger partial charge on any atom is -0.290 e. The van der Waals surface area contributed by atoms with E-state index in [0.717, 1.165) is 5.56 Å². The summed E-state index contributed by atoms with van der Waals surface area (Å²) in [4.78, 5) is 17.6. The van der Waals surface area contributed by atoms with Gasteiger partial charge in [-0.05, 0) is 6.07 Å². The molecule has 0 amide bonds. The number of hydrazone groups is 1. The molecular weight excluding hydrogens is 280 g/mol. The Balaban J connectivity index is 1.89. The second-order valence-corrected chi connectivity index (χ2v) is 4.35. The maximum Gasteiger partial charge on any atom is 0.348 e. The number of nitrogens with one attached hydrogen (secondary N) is 3. The van der Waals surface area contributed by atoms with Crippen molar-refractivity contribution < 1.29 is 0 Å². The maximum absolute atomic E-state index is 11.4. The molecule has 0 atom stereocenters. The third-order valence-corrected chi connectivity index (χ3v) is 2.96. The summed E-state index contributed by atoms with van der Waals surface area (Å²) < 4.78 is 0. The van der Waals surface area contributed by atoms with Gasteiger partial charge in [0.2, 0.25) is 0 Å². The van der Waals surface area contributed by atoms with E-state index in [1.807, 2.05) is 18.2 Å². The molecule has 0 aliphatic rings. The molecule has 8 heteroatoms. The largest absolute Gasteiger partial charge is 0.348 e. The molecule has 0 unspecified atom stereocenters. The Morgan fingerprint density at radius 2 is 2.20 bits per heavy atom. The number of aromatic nitrogens is 4. The highest BCUT2D eigenvalue weighted by molar-refractivity contribution is 6.33. The van der Waals surface area contributed by atoms with Crippen molar-refractivity contribution in [3.05, 3.63) is 51.5 Å². The second-order valence-electron chi connectivity index (χ2n) is 3.94. The minimum absolute atomic E-state index is 0.393. The standard InChI is InChI=1S/C12H9ClN6O/c13-9-4-2-1-3-7(9)5-14-18-10-8-6-15-19-11(8)17-12(20)16-10/h1-6H,(H3,15,16,17,18,19,20)/b14-5+. The first-order chi connectivity index (χ1) is 9.74. The number of nitrogens with zero attached hydrogens (tertiary/aromatic N) is 3. The number of benzene rings is 1. The Hall–Kier alpha value is -2.67. The molecule has 7 nitrogen and oxygen atoms in total. The van der Waals surface area contributed by atoms with Gasteiger partial charge in [-0.1, -0.05) is 29.8 Å². The normalized spacial score (nSPS) is 11.2. The number of H-pyrrole nitrogens is 2. The van der Waals surface area contributed by atoms with E-state index >= 15 is 0 Å². The van der Waals surface area contributed by atoms with Crippen LogP contribution in [0.15, 0.2) is 40.4 Å². The van der Waals surface area contributed by atoms with Gasteiger partial charge >= 0.3 is 5.69 Å². The van der Waals surface area contributed by atoms with Gasteiger partial charge in [-0.25, -0.2) is 4.79 Å². The number of hydrogen-bond acceptors (Lipinski definition) is 5. The zero-order valence-electron chi connectivity index (χ0n) is 10.1. The van der Waals surface area contributed by atoms with Crippen LogP contribution in [0.1, 0.15) is 5.56 Å². The maximum atomic E-state index is 11.4. The molecule has 0 aliphatic carbocycles. The van der Waals surface area contributed by atoms with Crippen molar-refractivity contribution in [3.63, 3.8) is 0 Å². The van der Waals surface area contributed by atoms with E-state index < -0.39 is 5.69 Å². The number of fused-ring (bicyclic) bond motifs is 1. The van der Waals surface area contributed by atoms with Gasteiger partial charge in [0.1, 0.15) is 5.82 Å². The number of hydrogen-bond donors (Lipinski definition) is 3. The summed E-state index contributed by atoms with van der Waals surface area (Å²) in [7, 11) is 0. The highest BCUT2D eigenvalue weighted by Gasteiger charge is 2.05. The Labute approximate surface area is 117 Å². The molecule has 100 valence electrons. The van der Waals surface area contributed by atoms with Gasteiger partial charge in [-0.3, -0.25) is 15.5 Å². The fourth-order valence-corrected chi connectivity index (χ4v) is 1.87. The van der Waals surface area contributed by atoms with Crippen molar-refractivity contribution in [2.45, 2.75) is 0 Å². The number of anilines is 1. The van der Waals surface area contributed by atoms with Gasteiger partial charge in [0.05, 0.1) is 17.8 Å². The summed E-state index contributed by atoms with van der Waals surface area (Å²) in [5.74, 6) is 0.414. The summed E-state index contributed by atoms with van der Waals surface area (Å²) in [6.45, 7) is 0. The first-order valence-electron chi connectivity index (χ1n) is 5.71. The summed E-state index contributed by atoms with van der Waals surface area (Å²) in [5.41, 5.74) is 3.41. The molecule has 2 aromatic heterocycles. The lowest BCUT2D eigenvalue weighted by Gasteiger charge is -2.01. The van der Waals surface area contributed by atoms with Crippen molar-refractivity contribution in [3.8, 4) is 0 Å². The Kier molecular flexibility index (Phi) is 3.18. The third-order valence-electron chi connectivity index (χ3n) is 2.62. The van der Waals surface area contributed by atoms with Gasteiger partial charge in [-0.2, -0.15) is 15.2 Å². The summed E-state index contributed by atoms with van der Waals surface area (Å²) >= 11 is 6.01. The summed E-state index contributed by atoms with van der Waals surface area (Å²) in [6, 6.07) is 7.29. The topological polar surface area (TPSA) is 98.8 Å². The SMILES string of the molecule is O=c1nc2[nH]ncc2c(N/N=C/c2ccccc2Cl)[nH]1. The summed E-state index contributed by atoms with van der Waals surface area (Å²) in [6.07, 6.45) is 3.11. The lowest BCUT2D eigenvalue weighted by Crippen LogP contribution is -2.12. The van der Waals surface area contributed by atoms with Crippen LogP contribution < -0.4 is 11.1 Å². The highest BCUT2D eigenvalue weighted by atomic mass is 35.5. The first-order valence-corrected chi connectivity index (χ1v) is 6.09. The molecular formula is C12H9ClN6O. The van der Waals surface area contributed by atoms with Crippen molar-refractivity contribution in [1.82, 2.24) is 20.2 Å². The second kappa shape index (κ2) is 5.14. The first kappa shape index (κ1) is 12.4. The van der Waals surface area contributed by atoms with E-state index in [1.165, 1.54) is 0 Å². The van der Waals surface area contributed by atoms with E-state index in [4.69, 9.17) is 11.6 Å². The van der Waals surface area contributed by atoms with Crippen LogP contribution in [-0.4, -0.2) is 26.4 Å². The summed E-state index contributed by atoms with van der Waals surface area (Å²) in [5, 5.41) is 11.7. The van der Waals surface area contributed by atoms with Gasteiger partial charge < -0.3 is 0 Å². The molecule has 2 heterocycles. The molecule has 0 bridgehead atoms. The van der Waals surface area contributed by atoms with Crippen molar-refractivity contribution >= 4 is 34.7 Å². The van der Waals surface area contributed by atoms with Crippen LogP contribution in [0.25, 0.3) is 11.0 Å². The molecule has 0 saturated carbocycles. The van der Waals surface area contributed by atoms with Crippen LogP contribution in [0.2, 0.25) is 5.02 Å². The molecule has 3 aromatic rings. The monoisotopic (exact) mass is 288 g/mol. The van der Waals surface area contributed by atoms with E-state index in [2.05, 4.69) is 30.7 Å². The van der Waals surface area contributed by atoms with Crippen LogP contribution in [0.3, 0.4) is 0 Å². The zero-order chi connectivity index (χ0) is 13.9. The lowest BCUT2D eigenvalue weighted by atomic mass is 10.2. The van der Waals surface area contributed by atoms with E-state index in [-0.39, 0.29) is 0 Å². The predicted octanol–water partition coefficient (Wildman–Crippen LogP) is 1.75. The van der Waals surface area contributed by atoms with Crippen LogP contribution in [0, 0.1) is 0 Å². The van der Waals surface area contributed by atoms with Gasteiger partial charge in [0.25, 0.3) is 0 Å². The fraction of sp³-hybridized carbons (Fsp3) is 0. The van der Waals surface area contributed by atoms with Crippen LogP contribution in [0.5, 0.6) is 0 Å². The zero-order valence-corrected chi connectivity index (χ0v) is 10.8. The quantitative estimate of drug-likeness (QED) is 0.505. The molecule has 0 spiro atoms. The Bertz CT molecular complexity index is 837. The molecule has 0 aliphatic heterocycles. The molecule has 20 heavy (non-hydrogen) atoms. The molecule has 0 fully saturated rings. The molecule has 0 saturated heterocycles. The Morgan fingerprint density at radius 1 is 1.35 bits per heavy atom. The highest BCUT2D eigenvalue weighted by Crippen LogP contribution is 2.15. The van der Waals surface area contributed by atoms with Crippen molar-refractivity contribution in [2.24, 2.45) is 5.10 Å². The number of halogens is 1. The van der Waals surface area contributed by atoms with E-state index in [9.17, 15) is 4.79 Å². The molecule has 3 N–H and O–H groups in total. The molecule has 1 aromatic carbocycles. The third kappa shape index (κ3) is 2.39. The number of aromatic amines is 2. The molecule has 3 rings (SSSR count). The average Bonchev–Trinajstić information content (AvgIpc) is 2.89. The van der Waals surface area contributed by atoms with E-state index in [0.29, 0.717) is 21.9 Å². The van der Waals surface area contributed by atoms with Crippen molar-refractivity contribution in [1.29, 1.82) is 0 Å². The van der Waals surface area contributed by atoms with Gasteiger partial charge in [0.15, 0.2) is 5.65 Å². The van der Waals surface area contributed by atoms with Crippen LogP contribution >= 0.6 is 11.6 Å². The smallest absolute Gasteiger partial charge is 0.290 e. The van der Waals surface area contributed by atoms with Crippen LogP contribution in [-0.2, 0) is 0 Å². The Morgan fingerprint density at radius 3 is 3.05 bits per heavy atom. The minimum atomic E-state index is -0.489. The fourth-order valence-electron chi connectivity index (χ4n) is 1.69. The lowest BCUT2D eigenvalue weighted by molar-refractivity contribution is 1.06. The number of rotatable bonds is 3. The van der Waals surface area contributed by atoms with E-state index in [1.54, 1.807) is 18.5 Å². The average molecular weight is 289 g/mol. The predicted molar refractivity (Wildman–Crippen MR) is 77.2 cm³/mol. The van der Waals surface area contributed by atoms with Crippen molar-refractivity contribution in [2.75, 3.05) is 5.43 Å². The van der Waals surface area contributed by atoms with Gasteiger partial charge in [0, 0.05) is 10.6 Å². The van der Waals surface area contributed by atoms with Crippen LogP contribution in [0.4, 0.5) is 5.82 Å². The molecule has 0 radical (unpaired) electrons.